The quantitative estimate of drug-likeness (QED) is 0.316. The molecule has 0 saturated heterocycles. The van der Waals surface area contributed by atoms with Gasteiger partial charge in [0.25, 0.3) is 5.91 Å². The third-order valence-electron chi connectivity index (χ3n) is 5.52. The van der Waals surface area contributed by atoms with E-state index in [0.29, 0.717) is 16.9 Å². The van der Waals surface area contributed by atoms with Gasteiger partial charge >= 0.3 is 5.97 Å². The molecule has 0 radical (unpaired) electrons. The predicted octanol–water partition coefficient (Wildman–Crippen LogP) is 1.21. The van der Waals surface area contributed by atoms with E-state index in [9.17, 15) is 26.4 Å². The minimum absolute atomic E-state index is 0.0141. The number of aliphatic imine (C=N–C) groups is 1. The fourth-order valence-corrected chi connectivity index (χ4v) is 6.05. The number of rotatable bonds is 2. The van der Waals surface area contributed by atoms with Crippen molar-refractivity contribution in [2.75, 3.05) is 7.11 Å². The summed E-state index contributed by atoms with van der Waals surface area (Å²) in [5, 5.41) is 0. The summed E-state index contributed by atoms with van der Waals surface area (Å²) >= 11 is 0. The van der Waals surface area contributed by atoms with E-state index in [4.69, 9.17) is 20.9 Å². The summed E-state index contributed by atoms with van der Waals surface area (Å²) in [6, 6.07) is 5.60. The number of esters is 1. The van der Waals surface area contributed by atoms with Crippen molar-refractivity contribution in [1.29, 1.82) is 0 Å². The molecule has 2 aliphatic heterocycles. The van der Waals surface area contributed by atoms with Crippen LogP contribution in [0.4, 0.5) is 0 Å². The average molecular weight is 540 g/mol. The summed E-state index contributed by atoms with van der Waals surface area (Å²) in [4.78, 5) is 26.7. The summed E-state index contributed by atoms with van der Waals surface area (Å²) < 4.78 is 62.8. The number of guanidine groups is 1. The molecule has 2 heterocycles. The van der Waals surface area contributed by atoms with E-state index < -0.39 is 42.4 Å². The number of carbonyl (C=O) groups is 2. The lowest BCUT2D eigenvalue weighted by Gasteiger charge is -2.05. The number of hydrogen-bond donors (Lipinski definition) is 2. The number of aryl methyl sites for hydroxylation is 2. The van der Waals surface area contributed by atoms with Gasteiger partial charge in [-0.15, -0.1) is 0 Å². The van der Waals surface area contributed by atoms with Gasteiger partial charge in [-0.05, 0) is 63.1 Å². The van der Waals surface area contributed by atoms with Gasteiger partial charge < -0.3 is 25.7 Å². The van der Waals surface area contributed by atoms with Gasteiger partial charge in [0.2, 0.25) is 30.5 Å². The van der Waals surface area contributed by atoms with Gasteiger partial charge in [-0.3, -0.25) is 4.79 Å². The molecule has 14 heteroatoms. The molecule has 194 valence electrons. The molecule has 0 fully saturated rings. The Balaban J connectivity index is 0.000000202. The zero-order valence-electron chi connectivity index (χ0n) is 20.1. The summed E-state index contributed by atoms with van der Waals surface area (Å²) in [5.41, 5.74) is 9.93. The lowest BCUT2D eigenvalue weighted by Crippen LogP contribution is -2.24. The molecular weight excluding hydrogens is 514 g/mol. The average Bonchev–Trinajstić information content (AvgIpc) is 3.12. The molecule has 2 unspecified atom stereocenters. The summed E-state index contributed by atoms with van der Waals surface area (Å²) in [7, 11) is -5.81. The van der Waals surface area contributed by atoms with E-state index in [1.54, 1.807) is 19.9 Å². The van der Waals surface area contributed by atoms with Crippen LogP contribution in [0.3, 0.4) is 0 Å². The Morgan fingerprint density at radius 3 is 1.67 bits per heavy atom. The van der Waals surface area contributed by atoms with E-state index in [1.807, 2.05) is 0 Å². The Morgan fingerprint density at radius 2 is 1.25 bits per heavy atom. The van der Waals surface area contributed by atoms with Crippen LogP contribution in [0.25, 0.3) is 0 Å². The number of sulfone groups is 2. The highest BCUT2D eigenvalue weighted by atomic mass is 32.2. The number of benzene rings is 2. The molecule has 1 amide bonds. The van der Waals surface area contributed by atoms with Gasteiger partial charge in [-0.2, -0.15) is 4.99 Å². The van der Waals surface area contributed by atoms with E-state index >= 15 is 0 Å². The highest BCUT2D eigenvalue weighted by Crippen LogP contribution is 2.38. The van der Waals surface area contributed by atoms with Gasteiger partial charge in [0.1, 0.15) is 21.3 Å². The molecule has 2 aromatic carbocycles. The first kappa shape index (κ1) is 26.9. The van der Waals surface area contributed by atoms with E-state index in [1.165, 1.54) is 39.2 Å². The normalized spacial score (nSPS) is 19.9. The minimum Gasteiger partial charge on any atom is -0.473 e. The van der Waals surface area contributed by atoms with Gasteiger partial charge in [-0.25, -0.2) is 21.6 Å². The first-order valence-corrected chi connectivity index (χ1v) is 13.5. The standard InChI is InChI=1S/C11H13N3O4S.C11H12O5S/c1-5-3-8-9(19(16,17)6(2)18-8)4-7(5)10(15)14-11(12)13;1-6-4-9-10(5-8(6)11(12)15-3)17(13,14)7(2)16-9/h3-4,6H,1-2H3,(H4,12,13,14,15);4-5,7H,1-3H3. The molecule has 2 aliphatic rings. The maximum Gasteiger partial charge on any atom is 0.338 e. The SMILES string of the molecule is COC(=O)c1cc2c(cc1C)OC(C)S2(=O)=O.Cc1cc2c(cc1C(=O)N=C(N)N)S(=O)(=O)C(C)O2. The topological polar surface area (TPSA) is 195 Å². The Bertz CT molecular complexity index is 1510. The molecule has 36 heavy (non-hydrogen) atoms. The minimum atomic E-state index is -3.57. The van der Waals surface area contributed by atoms with Gasteiger partial charge in [0, 0.05) is 5.56 Å². The number of methoxy groups -OCH3 is 1. The number of ether oxygens (including phenoxy) is 3. The van der Waals surface area contributed by atoms with E-state index in [0.717, 1.165) is 0 Å². The largest absolute Gasteiger partial charge is 0.473 e. The fraction of sp³-hybridized carbons (Fsp3) is 0.318. The lowest BCUT2D eigenvalue weighted by molar-refractivity contribution is 0.0599. The van der Waals surface area contributed by atoms with Crippen molar-refractivity contribution in [2.24, 2.45) is 16.5 Å². The molecule has 2 atom stereocenters. The van der Waals surface area contributed by atoms with Crippen LogP contribution in [0.15, 0.2) is 39.0 Å². The molecule has 0 spiro atoms. The van der Waals surface area contributed by atoms with Crippen LogP contribution >= 0.6 is 0 Å². The number of amides is 1. The van der Waals surface area contributed by atoms with Crippen LogP contribution in [-0.2, 0) is 24.4 Å². The molecule has 12 nitrogen and oxygen atoms in total. The van der Waals surface area contributed by atoms with Crippen LogP contribution in [-0.4, -0.2) is 52.7 Å². The van der Waals surface area contributed by atoms with Crippen LogP contribution < -0.4 is 20.9 Å². The molecule has 0 aliphatic carbocycles. The van der Waals surface area contributed by atoms with Gasteiger partial charge in [-0.1, -0.05) is 0 Å². The highest BCUT2D eigenvalue weighted by molar-refractivity contribution is 7.92. The van der Waals surface area contributed by atoms with E-state index in [2.05, 4.69) is 9.73 Å². The predicted molar refractivity (Wildman–Crippen MR) is 128 cm³/mol. The molecular formula is C22H25N3O9S2. The van der Waals surface area contributed by atoms with Crippen LogP contribution in [0.2, 0.25) is 0 Å². The summed E-state index contributed by atoms with van der Waals surface area (Å²) in [5.74, 6) is -1.08. The molecule has 0 bridgehead atoms. The maximum atomic E-state index is 12.0. The Morgan fingerprint density at radius 1 is 0.833 bits per heavy atom. The number of fused-ring (bicyclic) bond motifs is 2. The van der Waals surface area contributed by atoms with Crippen LogP contribution in [0.5, 0.6) is 11.5 Å². The number of carbonyl (C=O) groups excluding carboxylic acids is 2. The second-order valence-corrected chi connectivity index (χ2v) is 12.4. The molecule has 2 aromatic rings. The first-order chi connectivity index (χ1) is 16.6. The highest BCUT2D eigenvalue weighted by Gasteiger charge is 2.38. The van der Waals surface area contributed by atoms with Gasteiger partial charge in [0.05, 0.1) is 12.7 Å². The Labute approximate surface area is 208 Å². The zero-order chi connectivity index (χ0) is 27.2. The van der Waals surface area contributed by atoms with Crippen molar-refractivity contribution in [2.45, 2.75) is 48.4 Å². The van der Waals surface area contributed by atoms with Crippen LogP contribution in [0, 0.1) is 13.8 Å². The summed E-state index contributed by atoms with van der Waals surface area (Å²) in [6.45, 7) is 6.24. The van der Waals surface area contributed by atoms with Crippen LogP contribution in [0.1, 0.15) is 45.7 Å². The Kier molecular flexibility index (Phi) is 7.06. The zero-order valence-corrected chi connectivity index (χ0v) is 21.7. The fourth-order valence-electron chi connectivity index (χ4n) is 3.53. The number of nitrogens with zero attached hydrogens (tertiary/aromatic N) is 1. The number of hydrogen-bond acceptors (Lipinski definition) is 9. The third-order valence-corrected chi connectivity index (χ3v) is 9.33. The van der Waals surface area contributed by atoms with E-state index in [-0.39, 0.29) is 32.6 Å². The second kappa shape index (κ2) is 9.43. The van der Waals surface area contributed by atoms with Crippen molar-refractivity contribution in [3.63, 3.8) is 0 Å². The van der Waals surface area contributed by atoms with Crippen molar-refractivity contribution in [1.82, 2.24) is 0 Å². The third kappa shape index (κ3) is 4.73. The first-order valence-electron chi connectivity index (χ1n) is 10.4. The molecule has 4 rings (SSSR count). The molecule has 0 aromatic heterocycles. The van der Waals surface area contributed by atoms with Crippen molar-refractivity contribution < 1.29 is 40.6 Å². The second-order valence-electron chi connectivity index (χ2n) is 8.02. The Hall–Kier alpha value is -3.65. The smallest absolute Gasteiger partial charge is 0.338 e. The van der Waals surface area contributed by atoms with Crippen molar-refractivity contribution in [3.05, 3.63) is 46.5 Å². The summed E-state index contributed by atoms with van der Waals surface area (Å²) in [6.07, 6.45) is 0. The lowest BCUT2D eigenvalue weighted by atomic mass is 10.1. The molecule has 4 N–H and O–H groups in total. The maximum absolute atomic E-state index is 12.0. The van der Waals surface area contributed by atoms with Crippen molar-refractivity contribution in [3.8, 4) is 11.5 Å². The number of nitrogens with two attached hydrogens (primary N) is 2. The van der Waals surface area contributed by atoms with Gasteiger partial charge in [0.15, 0.2) is 5.96 Å². The molecule has 0 saturated carbocycles. The van der Waals surface area contributed by atoms with Crippen molar-refractivity contribution >= 4 is 37.5 Å². The monoisotopic (exact) mass is 539 g/mol.